The maximum absolute atomic E-state index is 12.7. The fraction of sp³-hybridized carbons (Fsp3) is 0.214. The Labute approximate surface area is 188 Å². The number of ketones is 1. The molecule has 1 aliphatic heterocycles. The van der Waals surface area contributed by atoms with Crippen LogP contribution >= 0.6 is 0 Å². The molecule has 0 saturated carbocycles. The first kappa shape index (κ1) is 21.7. The highest BCUT2D eigenvalue weighted by atomic mass is 16.4. The third-order valence-corrected chi connectivity index (χ3v) is 5.99. The van der Waals surface area contributed by atoms with E-state index in [9.17, 15) is 9.59 Å². The van der Waals surface area contributed by atoms with Crippen molar-refractivity contribution in [1.29, 1.82) is 0 Å². The van der Waals surface area contributed by atoms with Gasteiger partial charge in [-0.15, -0.1) is 0 Å². The molecule has 3 aromatic rings. The van der Waals surface area contributed by atoms with Crippen molar-refractivity contribution in [3.63, 3.8) is 0 Å². The van der Waals surface area contributed by atoms with Gasteiger partial charge in [0.2, 0.25) is 0 Å². The van der Waals surface area contributed by atoms with E-state index < -0.39 is 5.97 Å². The summed E-state index contributed by atoms with van der Waals surface area (Å²) < 4.78 is 0. The van der Waals surface area contributed by atoms with Crippen LogP contribution in [0.3, 0.4) is 0 Å². The van der Waals surface area contributed by atoms with Crippen molar-refractivity contribution in [1.82, 2.24) is 4.90 Å². The third-order valence-electron chi connectivity index (χ3n) is 5.99. The Hall–Kier alpha value is -3.50. The first-order chi connectivity index (χ1) is 15.4. The predicted molar refractivity (Wildman–Crippen MR) is 127 cm³/mol. The number of aliphatic carboxylic acids is 1. The lowest BCUT2D eigenvalue weighted by atomic mass is 9.98. The van der Waals surface area contributed by atoms with E-state index >= 15 is 0 Å². The molecule has 4 rings (SSSR count). The van der Waals surface area contributed by atoms with Crippen LogP contribution in [0, 0.1) is 12.8 Å². The molecule has 32 heavy (non-hydrogen) atoms. The van der Waals surface area contributed by atoms with Crippen molar-refractivity contribution in [2.45, 2.75) is 20.4 Å². The van der Waals surface area contributed by atoms with Gasteiger partial charge in [0.1, 0.15) is 0 Å². The molecule has 0 unspecified atom stereocenters. The standard InChI is InChI=1S/C28H27NO3/c1-19-4-3-5-25(14-19)20(2)15-27(30)24-12-10-23(11-13-24)22-8-6-21(7-9-22)16-29-17-26(18-29)28(31)32/h3-15,26H,16-18H2,1-2H3,(H,31,32)/b20-15-. The van der Waals surface area contributed by atoms with Crippen molar-refractivity contribution in [2.75, 3.05) is 13.1 Å². The summed E-state index contributed by atoms with van der Waals surface area (Å²) >= 11 is 0. The fourth-order valence-corrected chi connectivity index (χ4v) is 4.00. The smallest absolute Gasteiger partial charge is 0.309 e. The summed E-state index contributed by atoms with van der Waals surface area (Å²) in [4.78, 5) is 25.8. The van der Waals surface area contributed by atoms with Gasteiger partial charge in [0.15, 0.2) is 5.78 Å². The Bertz CT molecular complexity index is 1150. The maximum atomic E-state index is 12.7. The first-order valence-electron chi connectivity index (χ1n) is 10.8. The molecule has 1 aliphatic rings. The van der Waals surface area contributed by atoms with Crippen molar-refractivity contribution in [3.05, 3.63) is 101 Å². The molecule has 1 heterocycles. The van der Waals surface area contributed by atoms with Gasteiger partial charge in [-0.05, 0) is 47.8 Å². The van der Waals surface area contributed by atoms with Crippen LogP contribution in [-0.2, 0) is 11.3 Å². The van der Waals surface area contributed by atoms with Crippen LogP contribution in [0.5, 0.6) is 0 Å². The van der Waals surface area contributed by atoms with Gasteiger partial charge in [-0.2, -0.15) is 0 Å². The lowest BCUT2D eigenvalue weighted by Gasteiger charge is -2.36. The maximum Gasteiger partial charge on any atom is 0.309 e. The normalized spacial score (nSPS) is 14.8. The van der Waals surface area contributed by atoms with Gasteiger partial charge < -0.3 is 5.11 Å². The topological polar surface area (TPSA) is 57.6 Å². The zero-order valence-corrected chi connectivity index (χ0v) is 18.4. The van der Waals surface area contributed by atoms with Gasteiger partial charge in [-0.25, -0.2) is 0 Å². The van der Waals surface area contributed by atoms with Gasteiger partial charge in [0.05, 0.1) is 5.92 Å². The van der Waals surface area contributed by atoms with E-state index in [1.807, 2.05) is 56.3 Å². The summed E-state index contributed by atoms with van der Waals surface area (Å²) in [6, 6.07) is 24.2. The Morgan fingerprint density at radius 3 is 2.16 bits per heavy atom. The number of benzene rings is 3. The molecule has 0 atom stereocenters. The number of nitrogens with zero attached hydrogens (tertiary/aromatic N) is 1. The number of allylic oxidation sites excluding steroid dienone is 2. The molecule has 3 aromatic carbocycles. The van der Waals surface area contributed by atoms with E-state index in [4.69, 9.17) is 5.11 Å². The van der Waals surface area contributed by atoms with Crippen molar-refractivity contribution in [3.8, 4) is 11.1 Å². The molecular weight excluding hydrogens is 398 g/mol. The van der Waals surface area contributed by atoms with E-state index in [2.05, 4.69) is 35.2 Å². The zero-order chi connectivity index (χ0) is 22.7. The van der Waals surface area contributed by atoms with E-state index in [0.29, 0.717) is 18.7 Å². The number of carbonyl (C=O) groups excluding carboxylic acids is 1. The monoisotopic (exact) mass is 425 g/mol. The molecule has 0 spiro atoms. The number of aryl methyl sites for hydroxylation is 1. The Balaban J connectivity index is 1.39. The fourth-order valence-electron chi connectivity index (χ4n) is 4.00. The molecule has 0 aromatic heterocycles. The summed E-state index contributed by atoms with van der Waals surface area (Å²) in [5, 5.41) is 8.99. The van der Waals surface area contributed by atoms with E-state index in [-0.39, 0.29) is 11.7 Å². The van der Waals surface area contributed by atoms with Gasteiger partial charge in [-0.1, -0.05) is 78.4 Å². The second-order valence-electron chi connectivity index (χ2n) is 8.56. The van der Waals surface area contributed by atoms with Gasteiger partial charge >= 0.3 is 5.97 Å². The van der Waals surface area contributed by atoms with Crippen LogP contribution in [0.2, 0.25) is 0 Å². The lowest BCUT2D eigenvalue weighted by molar-refractivity contribution is -0.147. The minimum atomic E-state index is -0.709. The summed E-state index contributed by atoms with van der Waals surface area (Å²) in [6.45, 7) is 6.01. The van der Waals surface area contributed by atoms with Gasteiger partial charge in [-0.3, -0.25) is 14.5 Å². The molecule has 4 heteroatoms. The Morgan fingerprint density at radius 1 is 0.938 bits per heavy atom. The number of carboxylic acids is 1. The van der Waals surface area contributed by atoms with Crippen LogP contribution in [0.15, 0.2) is 78.9 Å². The molecule has 0 bridgehead atoms. The highest BCUT2D eigenvalue weighted by Gasteiger charge is 2.32. The third kappa shape index (κ3) is 5.04. The van der Waals surface area contributed by atoms with Crippen LogP contribution in [0.4, 0.5) is 0 Å². The van der Waals surface area contributed by atoms with Crippen LogP contribution < -0.4 is 0 Å². The first-order valence-corrected chi connectivity index (χ1v) is 10.8. The Morgan fingerprint density at radius 2 is 1.56 bits per heavy atom. The summed E-state index contributed by atoms with van der Waals surface area (Å²) in [7, 11) is 0. The minimum Gasteiger partial charge on any atom is -0.481 e. The molecule has 162 valence electrons. The number of likely N-dealkylation sites (tertiary alicyclic amines) is 1. The minimum absolute atomic E-state index is 0.000109. The van der Waals surface area contributed by atoms with Crippen molar-refractivity contribution < 1.29 is 14.7 Å². The second-order valence-corrected chi connectivity index (χ2v) is 8.56. The Kier molecular flexibility index (Phi) is 6.33. The van der Waals surface area contributed by atoms with Gasteiger partial charge in [0.25, 0.3) is 0 Å². The largest absolute Gasteiger partial charge is 0.481 e. The van der Waals surface area contributed by atoms with E-state index in [1.165, 1.54) is 11.1 Å². The van der Waals surface area contributed by atoms with Crippen LogP contribution in [-0.4, -0.2) is 34.8 Å². The molecule has 1 saturated heterocycles. The highest BCUT2D eigenvalue weighted by Crippen LogP contribution is 2.24. The lowest BCUT2D eigenvalue weighted by Crippen LogP contribution is -2.49. The average Bonchev–Trinajstić information content (AvgIpc) is 2.76. The second kappa shape index (κ2) is 9.33. The number of carboxylic acid groups (broad SMARTS) is 1. The molecule has 1 N–H and O–H groups in total. The SMILES string of the molecule is C/C(=C/C(=O)c1ccc(-c2ccc(CN3CC(C(=O)O)C3)cc2)cc1)c1cccc(C)c1. The van der Waals surface area contributed by atoms with Crippen LogP contribution in [0.1, 0.15) is 34.0 Å². The number of hydrogen-bond donors (Lipinski definition) is 1. The van der Waals surface area contributed by atoms with E-state index in [1.54, 1.807) is 6.08 Å². The van der Waals surface area contributed by atoms with Crippen molar-refractivity contribution in [2.24, 2.45) is 5.92 Å². The highest BCUT2D eigenvalue weighted by molar-refractivity contribution is 6.08. The summed E-state index contributed by atoms with van der Waals surface area (Å²) in [6.07, 6.45) is 1.70. The van der Waals surface area contributed by atoms with Crippen LogP contribution in [0.25, 0.3) is 16.7 Å². The zero-order valence-electron chi connectivity index (χ0n) is 18.4. The molecule has 0 amide bonds. The van der Waals surface area contributed by atoms with E-state index in [0.717, 1.165) is 28.8 Å². The van der Waals surface area contributed by atoms with Crippen molar-refractivity contribution >= 4 is 17.3 Å². The van der Waals surface area contributed by atoms with Gasteiger partial charge in [0, 0.05) is 25.2 Å². The number of carbonyl (C=O) groups is 2. The molecule has 0 aliphatic carbocycles. The predicted octanol–water partition coefficient (Wildman–Crippen LogP) is 5.46. The molecule has 4 nitrogen and oxygen atoms in total. The number of rotatable bonds is 7. The molecular formula is C28H27NO3. The quantitative estimate of drug-likeness (QED) is 0.403. The molecule has 1 fully saturated rings. The molecule has 0 radical (unpaired) electrons. The summed E-state index contributed by atoms with van der Waals surface area (Å²) in [5.41, 5.74) is 7.17. The summed E-state index contributed by atoms with van der Waals surface area (Å²) in [5.74, 6) is -0.939. The average molecular weight is 426 g/mol. The number of hydrogen-bond acceptors (Lipinski definition) is 3.